The van der Waals surface area contributed by atoms with Crippen LogP contribution in [0.3, 0.4) is 0 Å². The lowest BCUT2D eigenvalue weighted by Gasteiger charge is -2.22. The maximum absolute atomic E-state index is 12.0. The van der Waals surface area contributed by atoms with Gasteiger partial charge in [0.1, 0.15) is 0 Å². The van der Waals surface area contributed by atoms with E-state index in [1.165, 1.54) is 22.5 Å². The number of hydrogen-bond acceptors (Lipinski definition) is 2. The minimum Gasteiger partial charge on any atom is -0.361 e. The summed E-state index contributed by atoms with van der Waals surface area (Å²) in [5.41, 5.74) is 2.38. The molecule has 1 amide bonds. The Kier molecular flexibility index (Phi) is 4.31. The number of amides is 1. The largest absolute Gasteiger partial charge is 0.361 e. The van der Waals surface area contributed by atoms with Crippen molar-refractivity contribution in [2.75, 3.05) is 11.5 Å². The number of fused-ring (bicyclic) bond motifs is 1. The first kappa shape index (κ1) is 13.6. The molecule has 0 unspecified atom stereocenters. The normalized spacial score (nSPS) is 16.4. The van der Waals surface area contributed by atoms with Crippen LogP contribution in [0.5, 0.6) is 0 Å². The third-order valence-electron chi connectivity index (χ3n) is 3.88. The van der Waals surface area contributed by atoms with Gasteiger partial charge in [-0.1, -0.05) is 18.2 Å². The fourth-order valence-corrected chi connectivity index (χ4v) is 3.83. The van der Waals surface area contributed by atoms with Crippen LogP contribution >= 0.6 is 11.8 Å². The third-order valence-corrected chi connectivity index (χ3v) is 4.93. The highest BCUT2D eigenvalue weighted by Crippen LogP contribution is 2.20. The number of nitrogens with one attached hydrogen (secondary N) is 2. The molecule has 1 aliphatic heterocycles. The monoisotopic (exact) mass is 288 g/mol. The molecule has 1 aliphatic rings. The lowest BCUT2D eigenvalue weighted by atomic mass is 10.1. The van der Waals surface area contributed by atoms with Crippen molar-refractivity contribution in [3.05, 3.63) is 36.0 Å². The van der Waals surface area contributed by atoms with Crippen LogP contribution in [0.1, 0.15) is 24.8 Å². The molecule has 1 saturated heterocycles. The summed E-state index contributed by atoms with van der Waals surface area (Å²) in [6.45, 7) is 0. The number of H-pyrrole nitrogens is 1. The Labute approximate surface area is 123 Å². The molecule has 3 nitrogen and oxygen atoms in total. The van der Waals surface area contributed by atoms with Crippen molar-refractivity contribution < 1.29 is 4.79 Å². The van der Waals surface area contributed by atoms with E-state index < -0.39 is 0 Å². The van der Waals surface area contributed by atoms with Crippen LogP contribution in [-0.4, -0.2) is 28.4 Å². The Morgan fingerprint density at radius 3 is 2.95 bits per heavy atom. The Morgan fingerprint density at radius 1 is 1.30 bits per heavy atom. The zero-order valence-corrected chi connectivity index (χ0v) is 12.3. The molecular weight excluding hydrogens is 268 g/mol. The molecular formula is C16H20N2OS. The Hall–Kier alpha value is -1.42. The van der Waals surface area contributed by atoms with Crippen molar-refractivity contribution >= 4 is 28.6 Å². The average Bonchev–Trinajstić information content (AvgIpc) is 2.89. The maximum atomic E-state index is 12.0. The summed E-state index contributed by atoms with van der Waals surface area (Å²) in [6.07, 6.45) is 5.63. The second-order valence-corrected chi connectivity index (χ2v) is 6.54. The van der Waals surface area contributed by atoms with E-state index in [0.717, 1.165) is 24.8 Å². The number of aryl methyl sites for hydroxylation is 1. The molecule has 2 aromatic rings. The van der Waals surface area contributed by atoms with Gasteiger partial charge in [0.2, 0.25) is 5.91 Å². The smallest absolute Gasteiger partial charge is 0.220 e. The van der Waals surface area contributed by atoms with Gasteiger partial charge in [0.25, 0.3) is 0 Å². The summed E-state index contributed by atoms with van der Waals surface area (Å²) in [5, 5.41) is 4.40. The number of benzene rings is 1. The van der Waals surface area contributed by atoms with Crippen molar-refractivity contribution in [3.63, 3.8) is 0 Å². The molecule has 0 radical (unpaired) electrons. The minimum atomic E-state index is 0.187. The van der Waals surface area contributed by atoms with E-state index in [1.54, 1.807) is 0 Å². The molecule has 20 heavy (non-hydrogen) atoms. The van der Waals surface area contributed by atoms with Crippen LogP contribution in [0.4, 0.5) is 0 Å². The second-order valence-electron chi connectivity index (χ2n) is 5.31. The maximum Gasteiger partial charge on any atom is 0.220 e. The van der Waals surface area contributed by atoms with Crippen molar-refractivity contribution in [1.82, 2.24) is 10.3 Å². The first-order valence-electron chi connectivity index (χ1n) is 7.25. The zero-order chi connectivity index (χ0) is 13.8. The predicted octanol–water partition coefficient (Wildman–Crippen LogP) is 3.11. The Balaban J connectivity index is 1.54. The molecule has 1 fully saturated rings. The van der Waals surface area contributed by atoms with Gasteiger partial charge in [-0.2, -0.15) is 11.8 Å². The fraction of sp³-hybridized carbons (Fsp3) is 0.438. The lowest BCUT2D eigenvalue weighted by Crippen LogP contribution is -2.37. The Morgan fingerprint density at radius 2 is 2.10 bits per heavy atom. The van der Waals surface area contributed by atoms with Gasteiger partial charge in [0, 0.05) is 29.6 Å². The van der Waals surface area contributed by atoms with Gasteiger partial charge in [-0.05, 0) is 42.4 Å². The molecule has 2 N–H and O–H groups in total. The number of hydrogen-bond donors (Lipinski definition) is 2. The molecule has 2 heterocycles. The molecule has 0 aliphatic carbocycles. The van der Waals surface area contributed by atoms with Gasteiger partial charge >= 0.3 is 0 Å². The quantitative estimate of drug-likeness (QED) is 0.908. The third kappa shape index (κ3) is 3.18. The SMILES string of the molecule is O=C(CCc1c[nH]c2ccccc12)NC1CCSCC1. The fourth-order valence-electron chi connectivity index (χ4n) is 2.73. The highest BCUT2D eigenvalue weighted by Gasteiger charge is 2.16. The summed E-state index contributed by atoms with van der Waals surface area (Å²) < 4.78 is 0. The average molecular weight is 288 g/mol. The predicted molar refractivity (Wildman–Crippen MR) is 85.1 cm³/mol. The molecule has 0 saturated carbocycles. The van der Waals surface area contributed by atoms with Gasteiger partial charge in [-0.15, -0.1) is 0 Å². The number of aromatic amines is 1. The summed E-state index contributed by atoms with van der Waals surface area (Å²) >= 11 is 1.98. The minimum absolute atomic E-state index is 0.187. The van der Waals surface area contributed by atoms with E-state index in [1.807, 2.05) is 30.1 Å². The summed E-state index contributed by atoms with van der Waals surface area (Å²) in [7, 11) is 0. The number of carbonyl (C=O) groups is 1. The first-order valence-corrected chi connectivity index (χ1v) is 8.40. The van der Waals surface area contributed by atoms with Crippen molar-refractivity contribution in [1.29, 1.82) is 0 Å². The van der Waals surface area contributed by atoms with Crippen LogP contribution < -0.4 is 5.32 Å². The molecule has 106 valence electrons. The number of para-hydroxylation sites is 1. The topological polar surface area (TPSA) is 44.9 Å². The standard InChI is InChI=1S/C16H20N2OS/c19-16(18-13-7-9-20-10-8-13)6-5-12-11-17-15-4-2-1-3-14(12)15/h1-4,11,13,17H,5-10H2,(H,18,19). The van der Waals surface area contributed by atoms with Crippen molar-refractivity contribution in [3.8, 4) is 0 Å². The molecule has 1 aromatic heterocycles. The van der Waals surface area contributed by atoms with Crippen LogP contribution in [0.25, 0.3) is 10.9 Å². The van der Waals surface area contributed by atoms with E-state index in [4.69, 9.17) is 0 Å². The van der Waals surface area contributed by atoms with Gasteiger partial charge in [0.05, 0.1) is 0 Å². The van der Waals surface area contributed by atoms with Crippen molar-refractivity contribution in [2.24, 2.45) is 0 Å². The van der Waals surface area contributed by atoms with Crippen molar-refractivity contribution in [2.45, 2.75) is 31.7 Å². The molecule has 0 atom stereocenters. The lowest BCUT2D eigenvalue weighted by molar-refractivity contribution is -0.121. The van der Waals surface area contributed by atoms with E-state index in [-0.39, 0.29) is 5.91 Å². The summed E-state index contributed by atoms with van der Waals surface area (Å²) in [6, 6.07) is 8.64. The Bertz CT molecular complexity index is 587. The van der Waals surface area contributed by atoms with Crippen LogP contribution in [0.15, 0.2) is 30.5 Å². The molecule has 4 heteroatoms. The highest BCUT2D eigenvalue weighted by atomic mass is 32.2. The van der Waals surface area contributed by atoms with Gasteiger partial charge in [0.15, 0.2) is 0 Å². The van der Waals surface area contributed by atoms with E-state index in [2.05, 4.69) is 22.4 Å². The van der Waals surface area contributed by atoms with E-state index in [9.17, 15) is 4.79 Å². The van der Waals surface area contributed by atoms with Crippen LogP contribution in [0.2, 0.25) is 0 Å². The van der Waals surface area contributed by atoms with Crippen LogP contribution in [0, 0.1) is 0 Å². The molecule has 3 rings (SSSR count). The number of carbonyl (C=O) groups excluding carboxylic acids is 1. The van der Waals surface area contributed by atoms with E-state index in [0.29, 0.717) is 12.5 Å². The molecule has 0 bridgehead atoms. The molecule has 1 aromatic carbocycles. The molecule has 0 spiro atoms. The second kappa shape index (κ2) is 6.35. The van der Waals surface area contributed by atoms with E-state index >= 15 is 0 Å². The number of aromatic nitrogens is 1. The summed E-state index contributed by atoms with van der Waals surface area (Å²) in [4.78, 5) is 15.3. The van der Waals surface area contributed by atoms with Crippen LogP contribution in [-0.2, 0) is 11.2 Å². The van der Waals surface area contributed by atoms with Gasteiger partial charge in [-0.25, -0.2) is 0 Å². The summed E-state index contributed by atoms with van der Waals surface area (Å²) in [5.74, 6) is 2.54. The van der Waals surface area contributed by atoms with Gasteiger partial charge < -0.3 is 10.3 Å². The number of thioether (sulfide) groups is 1. The first-order chi connectivity index (χ1) is 9.83. The zero-order valence-electron chi connectivity index (χ0n) is 11.5. The van der Waals surface area contributed by atoms with Gasteiger partial charge in [-0.3, -0.25) is 4.79 Å². The number of rotatable bonds is 4. The highest BCUT2D eigenvalue weighted by molar-refractivity contribution is 7.99.